The molecule has 0 aliphatic heterocycles. The molecule has 0 saturated carbocycles. The number of carboxylic acids is 1. The number of imidazole rings is 1. The van der Waals surface area contributed by atoms with Crippen LogP contribution in [0.5, 0.6) is 0 Å². The molecule has 0 aliphatic rings. The smallest absolute Gasteiger partial charge is 0.313 e. The monoisotopic (exact) mass is 324 g/mol. The number of thioether (sulfide) groups is 2. The molecule has 0 fully saturated rings. The summed E-state index contributed by atoms with van der Waals surface area (Å²) >= 11 is 3.12. The van der Waals surface area contributed by atoms with Gasteiger partial charge < -0.3 is 9.67 Å². The topological polar surface area (TPSA) is 55.1 Å². The van der Waals surface area contributed by atoms with Gasteiger partial charge in [-0.15, -0.1) is 0 Å². The average molecular weight is 324 g/mol. The SMILES string of the molecule is CSCC(C)Cn1c(SCC(=O)O)nc2cc(C)ccc21. The first kappa shape index (κ1) is 16.2. The Morgan fingerprint density at radius 2 is 2.24 bits per heavy atom. The predicted molar refractivity (Wildman–Crippen MR) is 90.4 cm³/mol. The number of aromatic nitrogens is 2. The van der Waals surface area contributed by atoms with E-state index in [9.17, 15) is 4.79 Å². The summed E-state index contributed by atoms with van der Waals surface area (Å²) in [5.41, 5.74) is 3.19. The maximum absolute atomic E-state index is 10.8. The van der Waals surface area contributed by atoms with Crippen LogP contribution >= 0.6 is 23.5 Å². The molecule has 1 atom stereocenters. The van der Waals surface area contributed by atoms with Crippen molar-refractivity contribution in [3.05, 3.63) is 23.8 Å². The second-order valence-corrected chi connectivity index (χ2v) is 7.09. The Hall–Kier alpha value is -1.14. The van der Waals surface area contributed by atoms with Crippen LogP contribution in [0.3, 0.4) is 0 Å². The average Bonchev–Trinajstić information content (AvgIpc) is 2.74. The Bertz CT molecular complexity index is 640. The standard InChI is InChI=1S/C15H20N2O2S2/c1-10-4-5-13-12(6-10)16-15(21-9-14(18)19)17(13)7-11(2)8-20-3/h4-6,11H,7-9H2,1-3H3,(H,18,19). The van der Waals surface area contributed by atoms with Crippen molar-refractivity contribution in [2.45, 2.75) is 25.5 Å². The van der Waals surface area contributed by atoms with Crippen LogP contribution in [0.1, 0.15) is 12.5 Å². The van der Waals surface area contributed by atoms with Crippen LogP contribution in [-0.4, -0.2) is 38.4 Å². The first-order chi connectivity index (χ1) is 10.0. The molecule has 0 aliphatic carbocycles. The summed E-state index contributed by atoms with van der Waals surface area (Å²) in [5, 5.41) is 9.69. The molecular formula is C15H20N2O2S2. The number of aliphatic carboxylic acids is 1. The zero-order valence-corrected chi connectivity index (χ0v) is 14.1. The molecular weight excluding hydrogens is 304 g/mol. The molecule has 2 rings (SSSR count). The fourth-order valence-corrected chi connectivity index (χ4v) is 3.70. The summed E-state index contributed by atoms with van der Waals surface area (Å²) in [6, 6.07) is 6.20. The third kappa shape index (κ3) is 4.17. The number of benzene rings is 1. The second-order valence-electron chi connectivity index (χ2n) is 5.24. The molecule has 21 heavy (non-hydrogen) atoms. The molecule has 1 unspecified atom stereocenters. The first-order valence-corrected chi connectivity index (χ1v) is 9.19. The fraction of sp³-hybridized carbons (Fsp3) is 0.467. The fourth-order valence-electron chi connectivity index (χ4n) is 2.28. The normalized spacial score (nSPS) is 12.7. The summed E-state index contributed by atoms with van der Waals surface area (Å²) in [5.74, 6) is 0.822. The van der Waals surface area contributed by atoms with Gasteiger partial charge in [-0.2, -0.15) is 11.8 Å². The van der Waals surface area contributed by atoms with Gasteiger partial charge in [0.2, 0.25) is 0 Å². The molecule has 0 saturated heterocycles. The quantitative estimate of drug-likeness (QED) is 0.790. The van der Waals surface area contributed by atoms with E-state index in [1.165, 1.54) is 17.3 Å². The summed E-state index contributed by atoms with van der Waals surface area (Å²) in [7, 11) is 0. The van der Waals surface area contributed by atoms with E-state index in [1.54, 1.807) is 0 Å². The minimum Gasteiger partial charge on any atom is -0.481 e. The van der Waals surface area contributed by atoms with Gasteiger partial charge in [-0.3, -0.25) is 4.79 Å². The predicted octanol–water partition coefficient (Wildman–Crippen LogP) is 3.52. The summed E-state index contributed by atoms with van der Waals surface area (Å²) < 4.78 is 2.16. The van der Waals surface area contributed by atoms with Crippen LogP contribution in [0.4, 0.5) is 0 Å². The summed E-state index contributed by atoms with van der Waals surface area (Å²) in [4.78, 5) is 15.4. The second kappa shape index (κ2) is 7.22. The third-order valence-corrected chi connectivity index (χ3v) is 5.00. The Labute approximate surface area is 133 Å². The molecule has 0 bridgehead atoms. The van der Waals surface area contributed by atoms with Gasteiger partial charge in [-0.25, -0.2) is 4.98 Å². The highest BCUT2D eigenvalue weighted by atomic mass is 32.2. The molecule has 0 amide bonds. The van der Waals surface area contributed by atoms with E-state index in [2.05, 4.69) is 40.9 Å². The van der Waals surface area contributed by atoms with E-state index in [1.807, 2.05) is 18.7 Å². The molecule has 1 N–H and O–H groups in total. The highest BCUT2D eigenvalue weighted by molar-refractivity contribution is 7.99. The Balaban J connectivity index is 2.36. The maximum Gasteiger partial charge on any atom is 0.313 e. The number of rotatable bonds is 7. The van der Waals surface area contributed by atoms with Gasteiger partial charge in [0, 0.05) is 6.54 Å². The molecule has 114 valence electrons. The van der Waals surface area contributed by atoms with Crippen molar-refractivity contribution in [1.29, 1.82) is 0 Å². The van der Waals surface area contributed by atoms with Crippen molar-refractivity contribution in [1.82, 2.24) is 9.55 Å². The van der Waals surface area contributed by atoms with Gasteiger partial charge >= 0.3 is 5.97 Å². The molecule has 1 aromatic carbocycles. The van der Waals surface area contributed by atoms with E-state index in [0.717, 1.165) is 28.5 Å². The molecule has 6 heteroatoms. The Morgan fingerprint density at radius 1 is 1.48 bits per heavy atom. The highest BCUT2D eigenvalue weighted by Crippen LogP contribution is 2.26. The van der Waals surface area contributed by atoms with Crippen LogP contribution in [0.25, 0.3) is 11.0 Å². The van der Waals surface area contributed by atoms with Gasteiger partial charge in [0.15, 0.2) is 5.16 Å². The van der Waals surface area contributed by atoms with Crippen molar-refractivity contribution < 1.29 is 9.90 Å². The van der Waals surface area contributed by atoms with E-state index in [0.29, 0.717) is 5.92 Å². The number of hydrogen-bond acceptors (Lipinski definition) is 4. The van der Waals surface area contributed by atoms with E-state index in [-0.39, 0.29) is 5.75 Å². The van der Waals surface area contributed by atoms with Crippen LogP contribution in [-0.2, 0) is 11.3 Å². The lowest BCUT2D eigenvalue weighted by Crippen LogP contribution is -2.11. The van der Waals surface area contributed by atoms with Gasteiger partial charge in [0.25, 0.3) is 0 Å². The third-order valence-electron chi connectivity index (χ3n) is 3.14. The van der Waals surface area contributed by atoms with Gasteiger partial charge in [0.05, 0.1) is 16.8 Å². The van der Waals surface area contributed by atoms with Crippen LogP contribution < -0.4 is 0 Å². The zero-order valence-electron chi connectivity index (χ0n) is 12.5. The van der Waals surface area contributed by atoms with Gasteiger partial charge in [-0.1, -0.05) is 24.8 Å². The molecule has 0 radical (unpaired) electrons. The summed E-state index contributed by atoms with van der Waals surface area (Å²) in [6.07, 6.45) is 2.10. The number of aryl methyl sites for hydroxylation is 1. The molecule has 1 aromatic heterocycles. The lowest BCUT2D eigenvalue weighted by atomic mass is 10.2. The first-order valence-electron chi connectivity index (χ1n) is 6.81. The van der Waals surface area contributed by atoms with Crippen LogP contribution in [0.15, 0.2) is 23.4 Å². The zero-order chi connectivity index (χ0) is 15.4. The van der Waals surface area contributed by atoms with Crippen molar-refractivity contribution in [3.63, 3.8) is 0 Å². The number of carbonyl (C=O) groups is 1. The van der Waals surface area contributed by atoms with E-state index < -0.39 is 5.97 Å². The van der Waals surface area contributed by atoms with Crippen molar-refractivity contribution >= 4 is 40.5 Å². The Morgan fingerprint density at radius 3 is 2.90 bits per heavy atom. The van der Waals surface area contributed by atoms with Crippen molar-refractivity contribution in [3.8, 4) is 0 Å². The van der Waals surface area contributed by atoms with E-state index in [4.69, 9.17) is 5.11 Å². The molecule has 4 nitrogen and oxygen atoms in total. The highest BCUT2D eigenvalue weighted by Gasteiger charge is 2.15. The number of nitrogens with zero attached hydrogens (tertiary/aromatic N) is 2. The van der Waals surface area contributed by atoms with Gasteiger partial charge in [-0.05, 0) is 42.5 Å². The van der Waals surface area contributed by atoms with Crippen LogP contribution in [0, 0.1) is 12.8 Å². The molecule has 2 aromatic rings. The minimum atomic E-state index is -0.813. The van der Waals surface area contributed by atoms with Crippen LogP contribution in [0.2, 0.25) is 0 Å². The lowest BCUT2D eigenvalue weighted by Gasteiger charge is -2.14. The van der Waals surface area contributed by atoms with Crippen molar-refractivity contribution in [2.75, 3.05) is 17.8 Å². The van der Waals surface area contributed by atoms with Gasteiger partial charge in [0.1, 0.15) is 0 Å². The number of carboxylic acid groups (broad SMARTS) is 1. The molecule has 0 spiro atoms. The Kier molecular flexibility index (Phi) is 5.58. The molecule has 1 heterocycles. The summed E-state index contributed by atoms with van der Waals surface area (Å²) in [6.45, 7) is 5.11. The largest absolute Gasteiger partial charge is 0.481 e. The number of fused-ring (bicyclic) bond motifs is 1. The lowest BCUT2D eigenvalue weighted by molar-refractivity contribution is -0.133. The minimum absolute atomic E-state index is 0.0409. The number of hydrogen-bond donors (Lipinski definition) is 1. The van der Waals surface area contributed by atoms with Crippen molar-refractivity contribution in [2.24, 2.45) is 5.92 Å². The maximum atomic E-state index is 10.8. The van der Waals surface area contributed by atoms with E-state index >= 15 is 0 Å².